The fourth-order valence-electron chi connectivity index (χ4n) is 1.77. The Morgan fingerprint density at radius 3 is 2.88 bits per heavy atom. The summed E-state index contributed by atoms with van der Waals surface area (Å²) >= 11 is 0. The first-order valence-corrected chi connectivity index (χ1v) is 5.36. The molecule has 0 aliphatic heterocycles. The number of hydrogen-bond acceptors (Lipinski definition) is 3. The molecular weight excluding hydrogens is 204 g/mol. The van der Waals surface area contributed by atoms with E-state index in [0.717, 1.165) is 18.6 Å². The van der Waals surface area contributed by atoms with Crippen LogP contribution in [-0.2, 0) is 6.42 Å². The van der Waals surface area contributed by atoms with Crippen LogP contribution < -0.4 is 10.2 Å². The minimum absolute atomic E-state index is 0.0397. The molecule has 1 aromatic carbocycles. The van der Waals surface area contributed by atoms with Gasteiger partial charge in [-0.3, -0.25) is 4.79 Å². The third-order valence-corrected chi connectivity index (χ3v) is 2.48. The SMILES string of the molecule is CCCc1cc(=O)c2c(OC)cccc2o1. The molecule has 2 rings (SSSR count). The molecule has 3 nitrogen and oxygen atoms in total. The van der Waals surface area contributed by atoms with Crippen LogP contribution in [0.5, 0.6) is 5.75 Å². The summed E-state index contributed by atoms with van der Waals surface area (Å²) in [5.74, 6) is 1.29. The Morgan fingerprint density at radius 1 is 1.38 bits per heavy atom. The summed E-state index contributed by atoms with van der Waals surface area (Å²) in [7, 11) is 1.55. The van der Waals surface area contributed by atoms with Gasteiger partial charge in [0.15, 0.2) is 5.43 Å². The van der Waals surface area contributed by atoms with Crippen molar-refractivity contribution in [3.05, 3.63) is 40.2 Å². The van der Waals surface area contributed by atoms with Gasteiger partial charge in [0.05, 0.1) is 7.11 Å². The maximum absolute atomic E-state index is 11.9. The molecule has 0 atom stereocenters. The average molecular weight is 218 g/mol. The maximum Gasteiger partial charge on any atom is 0.196 e. The van der Waals surface area contributed by atoms with Gasteiger partial charge in [0, 0.05) is 12.5 Å². The monoisotopic (exact) mass is 218 g/mol. The lowest BCUT2D eigenvalue weighted by molar-refractivity contribution is 0.418. The van der Waals surface area contributed by atoms with Crippen LogP contribution in [0.2, 0.25) is 0 Å². The number of rotatable bonds is 3. The summed E-state index contributed by atoms with van der Waals surface area (Å²) < 4.78 is 10.8. The molecular formula is C13H14O3. The number of aryl methyl sites for hydroxylation is 1. The lowest BCUT2D eigenvalue weighted by Crippen LogP contribution is -2.03. The fourth-order valence-corrected chi connectivity index (χ4v) is 1.77. The Kier molecular flexibility index (Phi) is 2.95. The Morgan fingerprint density at radius 2 is 2.19 bits per heavy atom. The highest BCUT2D eigenvalue weighted by molar-refractivity contribution is 5.83. The highest BCUT2D eigenvalue weighted by atomic mass is 16.5. The van der Waals surface area contributed by atoms with Gasteiger partial charge in [-0.1, -0.05) is 13.0 Å². The molecule has 0 unspecified atom stereocenters. The van der Waals surface area contributed by atoms with Gasteiger partial charge in [-0.15, -0.1) is 0 Å². The zero-order valence-corrected chi connectivity index (χ0v) is 9.45. The van der Waals surface area contributed by atoms with Gasteiger partial charge in [-0.25, -0.2) is 0 Å². The number of ether oxygens (including phenoxy) is 1. The van der Waals surface area contributed by atoms with Crippen LogP contribution in [0, 0.1) is 0 Å². The van der Waals surface area contributed by atoms with Crippen LogP contribution >= 0.6 is 0 Å². The highest BCUT2D eigenvalue weighted by Crippen LogP contribution is 2.22. The summed E-state index contributed by atoms with van der Waals surface area (Å²) in [6.07, 6.45) is 1.74. The van der Waals surface area contributed by atoms with E-state index in [9.17, 15) is 4.79 Å². The quantitative estimate of drug-likeness (QED) is 0.795. The average Bonchev–Trinajstić information content (AvgIpc) is 2.28. The van der Waals surface area contributed by atoms with Gasteiger partial charge < -0.3 is 9.15 Å². The van der Waals surface area contributed by atoms with Crippen molar-refractivity contribution in [2.75, 3.05) is 7.11 Å². The van der Waals surface area contributed by atoms with Crippen LogP contribution in [0.15, 0.2) is 33.5 Å². The fraction of sp³-hybridized carbons (Fsp3) is 0.308. The van der Waals surface area contributed by atoms with Crippen LogP contribution in [0.25, 0.3) is 11.0 Å². The second-order valence-electron chi connectivity index (χ2n) is 3.66. The number of hydrogen-bond donors (Lipinski definition) is 0. The molecule has 16 heavy (non-hydrogen) atoms. The van der Waals surface area contributed by atoms with E-state index in [2.05, 4.69) is 6.92 Å². The first-order valence-electron chi connectivity index (χ1n) is 5.36. The largest absolute Gasteiger partial charge is 0.496 e. The predicted molar refractivity (Wildman–Crippen MR) is 63.0 cm³/mol. The number of methoxy groups -OCH3 is 1. The summed E-state index contributed by atoms with van der Waals surface area (Å²) in [4.78, 5) is 11.9. The zero-order chi connectivity index (χ0) is 11.5. The molecule has 0 amide bonds. The molecule has 3 heteroatoms. The van der Waals surface area contributed by atoms with Crippen molar-refractivity contribution in [2.45, 2.75) is 19.8 Å². The van der Waals surface area contributed by atoms with Gasteiger partial charge in [0.25, 0.3) is 0 Å². The molecule has 0 saturated heterocycles. The van der Waals surface area contributed by atoms with Gasteiger partial charge in [-0.05, 0) is 18.6 Å². The molecule has 0 bridgehead atoms. The smallest absolute Gasteiger partial charge is 0.196 e. The van der Waals surface area contributed by atoms with Crippen LogP contribution in [0.1, 0.15) is 19.1 Å². The third-order valence-electron chi connectivity index (χ3n) is 2.48. The molecule has 1 heterocycles. The minimum atomic E-state index is -0.0397. The van der Waals surface area contributed by atoms with Crippen molar-refractivity contribution in [3.63, 3.8) is 0 Å². The second-order valence-corrected chi connectivity index (χ2v) is 3.66. The number of benzene rings is 1. The van der Waals surface area contributed by atoms with Gasteiger partial charge in [-0.2, -0.15) is 0 Å². The van der Waals surface area contributed by atoms with E-state index >= 15 is 0 Å². The molecule has 0 N–H and O–H groups in total. The first kappa shape index (κ1) is 10.7. The second kappa shape index (κ2) is 4.39. The van der Waals surface area contributed by atoms with E-state index < -0.39 is 0 Å². The lowest BCUT2D eigenvalue weighted by atomic mass is 10.1. The summed E-state index contributed by atoms with van der Waals surface area (Å²) in [6, 6.07) is 6.92. The Labute approximate surface area is 93.7 Å². The highest BCUT2D eigenvalue weighted by Gasteiger charge is 2.08. The lowest BCUT2D eigenvalue weighted by Gasteiger charge is -2.05. The third kappa shape index (κ3) is 1.81. The molecule has 2 aromatic rings. The molecule has 0 spiro atoms. The van der Waals surface area contributed by atoms with E-state index in [1.165, 1.54) is 0 Å². The maximum atomic E-state index is 11.9. The molecule has 84 valence electrons. The van der Waals surface area contributed by atoms with E-state index in [4.69, 9.17) is 9.15 Å². The predicted octanol–water partition coefficient (Wildman–Crippen LogP) is 2.75. The Hall–Kier alpha value is -1.77. The molecule has 1 aromatic heterocycles. The normalized spacial score (nSPS) is 10.6. The van der Waals surface area contributed by atoms with Crippen molar-refractivity contribution in [1.29, 1.82) is 0 Å². The standard InChI is InChI=1S/C13H14O3/c1-3-5-9-8-10(14)13-11(15-2)6-4-7-12(13)16-9/h4,6-8H,3,5H2,1-2H3. The summed E-state index contributed by atoms with van der Waals surface area (Å²) in [6.45, 7) is 2.05. The summed E-state index contributed by atoms with van der Waals surface area (Å²) in [5.41, 5.74) is 0.553. The van der Waals surface area contributed by atoms with E-state index in [1.54, 1.807) is 25.3 Å². The zero-order valence-electron chi connectivity index (χ0n) is 9.45. The van der Waals surface area contributed by atoms with Gasteiger partial charge in [0.1, 0.15) is 22.5 Å². The van der Waals surface area contributed by atoms with Crippen LogP contribution in [0.4, 0.5) is 0 Å². The van der Waals surface area contributed by atoms with Gasteiger partial charge >= 0.3 is 0 Å². The molecule has 0 fully saturated rings. The van der Waals surface area contributed by atoms with Gasteiger partial charge in [0.2, 0.25) is 0 Å². The van der Waals surface area contributed by atoms with E-state index in [-0.39, 0.29) is 5.43 Å². The van der Waals surface area contributed by atoms with Crippen molar-refractivity contribution >= 4 is 11.0 Å². The number of fused-ring (bicyclic) bond motifs is 1. The molecule has 0 saturated carbocycles. The Balaban J connectivity index is 2.71. The van der Waals surface area contributed by atoms with Crippen LogP contribution in [0.3, 0.4) is 0 Å². The molecule has 0 radical (unpaired) electrons. The van der Waals surface area contributed by atoms with E-state index in [1.807, 2.05) is 6.07 Å². The van der Waals surface area contributed by atoms with Crippen LogP contribution in [-0.4, -0.2) is 7.11 Å². The topological polar surface area (TPSA) is 39.4 Å². The summed E-state index contributed by atoms with van der Waals surface area (Å²) in [5, 5.41) is 0.518. The Bertz CT molecular complexity index is 555. The van der Waals surface area contributed by atoms with Crippen molar-refractivity contribution in [1.82, 2.24) is 0 Å². The minimum Gasteiger partial charge on any atom is -0.496 e. The van der Waals surface area contributed by atoms with Crippen molar-refractivity contribution in [3.8, 4) is 5.75 Å². The van der Waals surface area contributed by atoms with Crippen molar-refractivity contribution < 1.29 is 9.15 Å². The molecule has 0 aliphatic rings. The molecule has 0 aliphatic carbocycles. The first-order chi connectivity index (χ1) is 7.76. The van der Waals surface area contributed by atoms with E-state index in [0.29, 0.717) is 16.7 Å². The van der Waals surface area contributed by atoms with Crippen molar-refractivity contribution in [2.24, 2.45) is 0 Å².